The first-order chi connectivity index (χ1) is 20.7. The summed E-state index contributed by atoms with van der Waals surface area (Å²) in [5.74, 6) is -1.70. The second kappa shape index (κ2) is 11.7. The Kier molecular flexibility index (Phi) is 7.55. The Morgan fingerprint density at radius 3 is 2.42 bits per heavy atom. The second-order valence-corrected chi connectivity index (χ2v) is 8.44. The molecule has 1 amide bonds. The number of rotatable bonds is 9. The molecule has 2 aromatic heterocycles. The van der Waals surface area contributed by atoms with Gasteiger partial charge in [0.05, 0.1) is 21.6 Å². The van der Waals surface area contributed by atoms with Gasteiger partial charge in [-0.3, -0.25) is 25.0 Å². The van der Waals surface area contributed by atoms with E-state index in [4.69, 9.17) is 10.5 Å². The standard InChI is InChI=1S/C25H16N10O8/c26-22-23(31-43-30-22)33-21(16-4-2-5-18(12-16)35(40)41)20(28-32-33)24(36)29-27-13-14-3-1-6-19(11-14)42-25(37)15-7-9-17(10-8-15)34(38)39/h1-13H,(H2,26,30)(H,29,36). The maximum absolute atomic E-state index is 13.1. The van der Waals surface area contributed by atoms with E-state index in [1.807, 2.05) is 0 Å². The summed E-state index contributed by atoms with van der Waals surface area (Å²) >= 11 is 0. The average molecular weight is 584 g/mol. The summed E-state index contributed by atoms with van der Waals surface area (Å²) in [7, 11) is 0. The van der Waals surface area contributed by atoms with Crippen LogP contribution >= 0.6 is 0 Å². The lowest BCUT2D eigenvalue weighted by atomic mass is 10.1. The molecule has 0 radical (unpaired) electrons. The predicted octanol–water partition coefficient (Wildman–Crippen LogP) is 2.70. The van der Waals surface area contributed by atoms with Crippen molar-refractivity contribution in [2.24, 2.45) is 5.10 Å². The maximum atomic E-state index is 13.1. The van der Waals surface area contributed by atoms with Crippen molar-refractivity contribution in [2.75, 3.05) is 5.73 Å². The maximum Gasteiger partial charge on any atom is 0.343 e. The van der Waals surface area contributed by atoms with Gasteiger partial charge >= 0.3 is 5.97 Å². The molecule has 18 heteroatoms. The number of hydrogen-bond donors (Lipinski definition) is 2. The molecule has 0 fully saturated rings. The smallest absolute Gasteiger partial charge is 0.343 e. The lowest BCUT2D eigenvalue weighted by Gasteiger charge is -2.06. The molecule has 214 valence electrons. The first-order valence-corrected chi connectivity index (χ1v) is 11.9. The van der Waals surface area contributed by atoms with Gasteiger partial charge in [0.25, 0.3) is 17.3 Å². The first kappa shape index (κ1) is 27.7. The van der Waals surface area contributed by atoms with Crippen molar-refractivity contribution < 1.29 is 28.8 Å². The van der Waals surface area contributed by atoms with Crippen molar-refractivity contribution in [1.29, 1.82) is 0 Å². The normalized spacial score (nSPS) is 10.9. The third-order valence-electron chi connectivity index (χ3n) is 5.67. The number of non-ortho nitro benzene ring substituents is 2. The van der Waals surface area contributed by atoms with E-state index in [-0.39, 0.29) is 51.3 Å². The minimum atomic E-state index is -0.834. The Bertz CT molecular complexity index is 1900. The highest BCUT2D eigenvalue weighted by Crippen LogP contribution is 2.29. The molecule has 0 aliphatic carbocycles. The van der Waals surface area contributed by atoms with Crippen molar-refractivity contribution in [2.45, 2.75) is 0 Å². The molecule has 5 rings (SSSR count). The molecule has 0 saturated heterocycles. The number of amides is 1. The summed E-state index contributed by atoms with van der Waals surface area (Å²) in [6, 6.07) is 16.5. The summed E-state index contributed by atoms with van der Waals surface area (Å²) < 4.78 is 11.0. The van der Waals surface area contributed by atoms with Gasteiger partial charge in [0.2, 0.25) is 11.6 Å². The number of nitrogens with zero attached hydrogens (tertiary/aromatic N) is 8. The summed E-state index contributed by atoms with van der Waals surface area (Å²) in [5.41, 5.74) is 8.10. The van der Waals surface area contributed by atoms with Crippen molar-refractivity contribution >= 4 is 35.3 Å². The van der Waals surface area contributed by atoms with Crippen LogP contribution in [0.25, 0.3) is 17.1 Å². The van der Waals surface area contributed by atoms with Gasteiger partial charge in [-0.2, -0.15) is 9.78 Å². The molecule has 43 heavy (non-hydrogen) atoms. The molecule has 0 saturated carbocycles. The van der Waals surface area contributed by atoms with E-state index >= 15 is 0 Å². The van der Waals surface area contributed by atoms with Gasteiger partial charge in [0.1, 0.15) is 11.4 Å². The number of carbonyl (C=O) groups excluding carboxylic acids is 2. The van der Waals surface area contributed by atoms with Gasteiger partial charge in [-0.1, -0.05) is 29.5 Å². The molecule has 5 aromatic rings. The number of nitro groups is 2. The van der Waals surface area contributed by atoms with Gasteiger partial charge in [0, 0.05) is 29.8 Å². The Hall–Kier alpha value is -6.85. The van der Waals surface area contributed by atoms with E-state index in [1.165, 1.54) is 66.9 Å². The quantitative estimate of drug-likeness (QED) is 0.0832. The molecule has 0 spiro atoms. The number of esters is 1. The van der Waals surface area contributed by atoms with Gasteiger partial charge in [-0.15, -0.1) is 5.10 Å². The Morgan fingerprint density at radius 2 is 1.72 bits per heavy atom. The van der Waals surface area contributed by atoms with Crippen LogP contribution in [0.5, 0.6) is 5.75 Å². The number of benzene rings is 3. The molecule has 3 N–H and O–H groups in total. The third-order valence-corrected chi connectivity index (χ3v) is 5.67. The number of hydrazone groups is 1. The number of nitrogens with one attached hydrogen (secondary N) is 1. The predicted molar refractivity (Wildman–Crippen MR) is 145 cm³/mol. The van der Waals surface area contributed by atoms with E-state index in [9.17, 15) is 29.8 Å². The molecule has 3 aromatic carbocycles. The first-order valence-electron chi connectivity index (χ1n) is 11.9. The highest BCUT2D eigenvalue weighted by atomic mass is 16.6. The van der Waals surface area contributed by atoms with E-state index in [1.54, 1.807) is 12.1 Å². The molecule has 0 aliphatic heterocycles. The van der Waals surface area contributed by atoms with Crippen molar-refractivity contribution in [3.8, 4) is 22.8 Å². The highest BCUT2D eigenvalue weighted by molar-refractivity contribution is 5.99. The van der Waals surface area contributed by atoms with Crippen LogP contribution in [0.1, 0.15) is 26.4 Å². The lowest BCUT2D eigenvalue weighted by Crippen LogP contribution is -2.19. The summed E-state index contributed by atoms with van der Waals surface area (Å²) in [5, 5.41) is 41.0. The number of hydrogen-bond acceptors (Lipinski definition) is 14. The van der Waals surface area contributed by atoms with Crippen LogP contribution in [0.3, 0.4) is 0 Å². The number of nitrogens with two attached hydrogens (primary N) is 1. The highest BCUT2D eigenvalue weighted by Gasteiger charge is 2.26. The SMILES string of the molecule is Nc1nonc1-n1nnc(C(=O)NN=Cc2cccc(OC(=O)c3ccc([N+](=O)[O-])cc3)c2)c1-c1cccc([N+](=O)[O-])c1. The fourth-order valence-electron chi connectivity index (χ4n) is 3.71. The zero-order valence-electron chi connectivity index (χ0n) is 21.4. The van der Waals surface area contributed by atoms with Gasteiger partial charge in [0.15, 0.2) is 5.69 Å². The molecule has 0 bridgehead atoms. The molecular weight excluding hydrogens is 568 g/mol. The van der Waals surface area contributed by atoms with Gasteiger partial charge in [-0.25, -0.2) is 14.8 Å². The monoisotopic (exact) mass is 584 g/mol. The summed E-state index contributed by atoms with van der Waals surface area (Å²) in [4.78, 5) is 46.5. The topological polar surface area (TPSA) is 250 Å². The van der Waals surface area contributed by atoms with Crippen LogP contribution < -0.4 is 15.9 Å². The van der Waals surface area contributed by atoms with Crippen LogP contribution in [0.15, 0.2) is 82.5 Å². The zero-order valence-corrected chi connectivity index (χ0v) is 21.4. The zero-order chi connectivity index (χ0) is 30.5. The number of aromatic nitrogens is 5. The average Bonchev–Trinajstić information content (AvgIpc) is 3.63. The van der Waals surface area contributed by atoms with Gasteiger partial charge < -0.3 is 10.5 Å². The van der Waals surface area contributed by atoms with Crippen LogP contribution in [-0.2, 0) is 0 Å². The molecule has 0 atom stereocenters. The van der Waals surface area contributed by atoms with Crippen molar-refractivity contribution in [3.63, 3.8) is 0 Å². The van der Waals surface area contributed by atoms with E-state index in [0.29, 0.717) is 5.56 Å². The van der Waals surface area contributed by atoms with Crippen molar-refractivity contribution in [1.82, 2.24) is 30.7 Å². The van der Waals surface area contributed by atoms with Crippen LogP contribution in [0.4, 0.5) is 17.2 Å². The minimum Gasteiger partial charge on any atom is -0.423 e. The van der Waals surface area contributed by atoms with E-state index < -0.39 is 21.7 Å². The molecular formula is C25H16N10O8. The Morgan fingerprint density at radius 1 is 0.977 bits per heavy atom. The van der Waals surface area contributed by atoms with Gasteiger partial charge in [-0.05, 0) is 40.1 Å². The van der Waals surface area contributed by atoms with Crippen molar-refractivity contribution in [3.05, 3.63) is 110 Å². The molecule has 0 aliphatic rings. The van der Waals surface area contributed by atoms with E-state index in [2.05, 4.69) is 35.8 Å². The number of nitrogen functional groups attached to an aromatic ring is 1. The van der Waals surface area contributed by atoms with Crippen LogP contribution in [-0.4, -0.2) is 53.2 Å². The summed E-state index contributed by atoms with van der Waals surface area (Å²) in [6.45, 7) is 0. The number of anilines is 1. The molecule has 2 heterocycles. The number of nitro benzene ring substituents is 2. The van der Waals surface area contributed by atoms with Crippen LogP contribution in [0.2, 0.25) is 0 Å². The fourth-order valence-corrected chi connectivity index (χ4v) is 3.71. The number of ether oxygens (including phenoxy) is 1. The Labute approximate surface area is 238 Å². The summed E-state index contributed by atoms with van der Waals surface area (Å²) in [6.07, 6.45) is 1.26. The second-order valence-electron chi connectivity index (χ2n) is 8.44. The largest absolute Gasteiger partial charge is 0.423 e. The van der Waals surface area contributed by atoms with E-state index in [0.717, 1.165) is 4.68 Å². The lowest BCUT2D eigenvalue weighted by molar-refractivity contribution is -0.385. The molecule has 18 nitrogen and oxygen atoms in total. The molecule has 0 unspecified atom stereocenters. The Balaban J connectivity index is 1.34. The number of carbonyl (C=O) groups is 2. The van der Waals surface area contributed by atoms with Crippen LogP contribution in [0, 0.1) is 20.2 Å². The fraction of sp³-hybridized carbons (Fsp3) is 0. The minimum absolute atomic E-state index is 0.000969. The third kappa shape index (κ3) is 6.01.